The fraction of sp³-hybridized carbons (Fsp3) is 0.409. The van der Waals surface area contributed by atoms with Gasteiger partial charge in [0.15, 0.2) is 0 Å². The van der Waals surface area contributed by atoms with Crippen molar-refractivity contribution in [1.82, 2.24) is 0 Å². The fourth-order valence-electron chi connectivity index (χ4n) is 3.64. The standard InChI is InChI=1S/C22H27NO/c1-2-3-4-5-6-10-16-20-19-15-11-12-17-21(19)23(22(20)24)18-13-8-7-9-14-18/h7-9,11-15,17,20H,2-6,10,16H2,1H3. The summed E-state index contributed by atoms with van der Waals surface area (Å²) in [5, 5.41) is 0. The highest BCUT2D eigenvalue weighted by Gasteiger charge is 2.37. The Morgan fingerprint density at radius 1 is 0.833 bits per heavy atom. The minimum Gasteiger partial charge on any atom is -0.280 e. The molecule has 0 aliphatic carbocycles. The van der Waals surface area contributed by atoms with E-state index in [2.05, 4.69) is 25.1 Å². The van der Waals surface area contributed by atoms with Crippen molar-refractivity contribution >= 4 is 17.3 Å². The molecule has 1 heterocycles. The van der Waals surface area contributed by atoms with Crippen LogP contribution in [0.25, 0.3) is 0 Å². The van der Waals surface area contributed by atoms with Gasteiger partial charge in [-0.25, -0.2) is 0 Å². The van der Waals surface area contributed by atoms with E-state index in [1.54, 1.807) is 0 Å². The van der Waals surface area contributed by atoms with Gasteiger partial charge in [-0.15, -0.1) is 0 Å². The van der Waals surface area contributed by atoms with E-state index in [1.807, 2.05) is 41.3 Å². The molecular formula is C22H27NO. The summed E-state index contributed by atoms with van der Waals surface area (Å²) in [4.78, 5) is 15.0. The molecule has 1 aliphatic heterocycles. The Bertz CT molecular complexity index is 665. The molecule has 2 nitrogen and oxygen atoms in total. The van der Waals surface area contributed by atoms with Crippen LogP contribution in [0.3, 0.4) is 0 Å². The van der Waals surface area contributed by atoms with E-state index in [0.717, 1.165) is 24.2 Å². The summed E-state index contributed by atoms with van der Waals surface area (Å²) in [7, 11) is 0. The summed E-state index contributed by atoms with van der Waals surface area (Å²) >= 11 is 0. The van der Waals surface area contributed by atoms with Gasteiger partial charge < -0.3 is 0 Å². The molecule has 0 saturated carbocycles. The number of fused-ring (bicyclic) bond motifs is 1. The first kappa shape index (κ1) is 16.8. The van der Waals surface area contributed by atoms with Crippen LogP contribution in [0.5, 0.6) is 0 Å². The third-order valence-electron chi connectivity index (χ3n) is 4.93. The molecule has 0 radical (unpaired) electrons. The lowest BCUT2D eigenvalue weighted by atomic mass is 9.94. The van der Waals surface area contributed by atoms with Crippen LogP contribution in [0.4, 0.5) is 11.4 Å². The molecule has 0 fully saturated rings. The van der Waals surface area contributed by atoms with Gasteiger partial charge in [-0.3, -0.25) is 9.69 Å². The number of para-hydroxylation sites is 2. The number of carbonyl (C=O) groups excluding carboxylic acids is 1. The first-order valence-corrected chi connectivity index (χ1v) is 9.31. The third kappa shape index (κ3) is 3.53. The molecular weight excluding hydrogens is 294 g/mol. The minimum absolute atomic E-state index is 0.0209. The van der Waals surface area contributed by atoms with Gasteiger partial charge in [-0.2, -0.15) is 0 Å². The highest BCUT2D eigenvalue weighted by atomic mass is 16.2. The number of hydrogen-bond donors (Lipinski definition) is 0. The second-order valence-electron chi connectivity index (χ2n) is 6.68. The second-order valence-corrected chi connectivity index (χ2v) is 6.68. The van der Waals surface area contributed by atoms with Crippen molar-refractivity contribution in [2.24, 2.45) is 0 Å². The van der Waals surface area contributed by atoms with Gasteiger partial charge in [0.05, 0.1) is 11.6 Å². The maximum absolute atomic E-state index is 13.1. The van der Waals surface area contributed by atoms with Crippen molar-refractivity contribution in [2.45, 2.75) is 57.8 Å². The average molecular weight is 321 g/mol. The van der Waals surface area contributed by atoms with Crippen LogP contribution >= 0.6 is 0 Å². The van der Waals surface area contributed by atoms with E-state index in [-0.39, 0.29) is 11.8 Å². The molecule has 0 saturated heterocycles. The predicted octanol–water partition coefficient (Wildman–Crippen LogP) is 6.20. The number of anilines is 2. The van der Waals surface area contributed by atoms with E-state index in [4.69, 9.17) is 0 Å². The fourth-order valence-corrected chi connectivity index (χ4v) is 3.64. The molecule has 2 heteroatoms. The summed E-state index contributed by atoms with van der Waals surface area (Å²) in [6, 6.07) is 18.3. The van der Waals surface area contributed by atoms with Gasteiger partial charge in [0.1, 0.15) is 0 Å². The Balaban J connectivity index is 1.71. The van der Waals surface area contributed by atoms with E-state index >= 15 is 0 Å². The number of unbranched alkanes of at least 4 members (excludes halogenated alkanes) is 5. The number of amides is 1. The third-order valence-corrected chi connectivity index (χ3v) is 4.93. The molecule has 0 spiro atoms. The smallest absolute Gasteiger partial charge is 0.239 e. The summed E-state index contributed by atoms with van der Waals surface area (Å²) in [6.07, 6.45) is 8.55. The van der Waals surface area contributed by atoms with Crippen LogP contribution in [0, 0.1) is 0 Å². The maximum atomic E-state index is 13.1. The number of benzene rings is 2. The lowest BCUT2D eigenvalue weighted by Gasteiger charge is -2.18. The van der Waals surface area contributed by atoms with Crippen LogP contribution in [0.1, 0.15) is 63.4 Å². The topological polar surface area (TPSA) is 20.3 Å². The Morgan fingerprint density at radius 3 is 2.29 bits per heavy atom. The van der Waals surface area contributed by atoms with Crippen molar-refractivity contribution in [3.63, 3.8) is 0 Å². The molecule has 3 rings (SSSR count). The highest BCUT2D eigenvalue weighted by molar-refractivity contribution is 6.10. The quantitative estimate of drug-likeness (QED) is 0.530. The molecule has 0 bridgehead atoms. The Labute approximate surface area is 145 Å². The predicted molar refractivity (Wildman–Crippen MR) is 101 cm³/mol. The van der Waals surface area contributed by atoms with E-state index in [9.17, 15) is 4.79 Å². The van der Waals surface area contributed by atoms with Crippen molar-refractivity contribution in [3.8, 4) is 0 Å². The van der Waals surface area contributed by atoms with Gasteiger partial charge in [-0.1, -0.05) is 81.8 Å². The monoisotopic (exact) mass is 321 g/mol. The number of hydrogen-bond acceptors (Lipinski definition) is 1. The lowest BCUT2D eigenvalue weighted by Crippen LogP contribution is -2.23. The van der Waals surface area contributed by atoms with Crippen LogP contribution in [0.2, 0.25) is 0 Å². The van der Waals surface area contributed by atoms with E-state index < -0.39 is 0 Å². The van der Waals surface area contributed by atoms with E-state index in [1.165, 1.54) is 37.7 Å². The van der Waals surface area contributed by atoms with Crippen molar-refractivity contribution in [3.05, 3.63) is 60.2 Å². The molecule has 24 heavy (non-hydrogen) atoms. The Kier molecular flexibility index (Phi) is 5.68. The number of nitrogens with zero attached hydrogens (tertiary/aromatic N) is 1. The zero-order valence-corrected chi connectivity index (χ0v) is 14.6. The first-order chi connectivity index (χ1) is 11.8. The molecule has 1 amide bonds. The largest absolute Gasteiger partial charge is 0.280 e. The van der Waals surface area contributed by atoms with Gasteiger partial charge >= 0.3 is 0 Å². The zero-order valence-electron chi connectivity index (χ0n) is 14.6. The van der Waals surface area contributed by atoms with Crippen LogP contribution in [-0.2, 0) is 4.79 Å². The number of rotatable bonds is 8. The van der Waals surface area contributed by atoms with Crippen LogP contribution in [-0.4, -0.2) is 5.91 Å². The molecule has 0 aromatic heterocycles. The molecule has 126 valence electrons. The summed E-state index contributed by atoms with van der Waals surface area (Å²) < 4.78 is 0. The molecule has 1 unspecified atom stereocenters. The molecule has 0 N–H and O–H groups in total. The van der Waals surface area contributed by atoms with Gasteiger partial charge in [-0.05, 0) is 30.2 Å². The summed E-state index contributed by atoms with van der Waals surface area (Å²) in [5.74, 6) is 0.253. The molecule has 2 aromatic rings. The number of carbonyl (C=O) groups is 1. The minimum atomic E-state index is 0.0209. The average Bonchev–Trinajstić information content (AvgIpc) is 2.90. The molecule has 1 aliphatic rings. The zero-order chi connectivity index (χ0) is 16.8. The van der Waals surface area contributed by atoms with Gasteiger partial charge in [0, 0.05) is 5.69 Å². The Hall–Kier alpha value is -2.09. The van der Waals surface area contributed by atoms with Crippen LogP contribution in [0.15, 0.2) is 54.6 Å². The summed E-state index contributed by atoms with van der Waals surface area (Å²) in [5.41, 5.74) is 3.23. The highest BCUT2D eigenvalue weighted by Crippen LogP contribution is 2.43. The maximum Gasteiger partial charge on any atom is 0.239 e. The normalized spacial score (nSPS) is 16.5. The van der Waals surface area contributed by atoms with Gasteiger partial charge in [0.25, 0.3) is 0 Å². The first-order valence-electron chi connectivity index (χ1n) is 9.31. The lowest BCUT2D eigenvalue weighted by molar-refractivity contribution is -0.118. The SMILES string of the molecule is CCCCCCCCC1C(=O)N(c2ccccc2)c2ccccc21. The Morgan fingerprint density at radius 2 is 1.50 bits per heavy atom. The van der Waals surface area contributed by atoms with Crippen LogP contribution < -0.4 is 4.90 Å². The van der Waals surface area contributed by atoms with E-state index in [0.29, 0.717) is 0 Å². The second kappa shape index (κ2) is 8.14. The van der Waals surface area contributed by atoms with Crippen molar-refractivity contribution < 1.29 is 4.79 Å². The molecule has 2 aromatic carbocycles. The van der Waals surface area contributed by atoms with Crippen molar-refractivity contribution in [1.29, 1.82) is 0 Å². The summed E-state index contributed by atoms with van der Waals surface area (Å²) in [6.45, 7) is 2.24. The van der Waals surface area contributed by atoms with Crippen molar-refractivity contribution in [2.75, 3.05) is 4.90 Å². The van der Waals surface area contributed by atoms with Gasteiger partial charge in [0.2, 0.25) is 5.91 Å². The molecule has 1 atom stereocenters.